The summed E-state index contributed by atoms with van der Waals surface area (Å²) in [6, 6.07) is 2.11. The van der Waals surface area contributed by atoms with Crippen LogP contribution < -0.4 is 5.32 Å². The summed E-state index contributed by atoms with van der Waals surface area (Å²) in [5.74, 6) is 0. The molecule has 1 aromatic rings. The van der Waals surface area contributed by atoms with Crippen LogP contribution >= 0.6 is 0 Å². The zero-order valence-electron chi connectivity index (χ0n) is 12.3. The van der Waals surface area contributed by atoms with Crippen molar-refractivity contribution < 1.29 is 4.42 Å². The molecule has 0 saturated heterocycles. The molecule has 1 heterocycles. The molecule has 2 nitrogen and oxygen atoms in total. The molecule has 0 amide bonds. The van der Waals surface area contributed by atoms with Crippen molar-refractivity contribution in [1.29, 1.82) is 0 Å². The predicted molar refractivity (Wildman–Crippen MR) is 77.8 cm³/mol. The summed E-state index contributed by atoms with van der Waals surface area (Å²) in [4.78, 5) is 0. The quantitative estimate of drug-likeness (QED) is 0.623. The van der Waals surface area contributed by atoms with E-state index in [1.807, 2.05) is 6.26 Å². The van der Waals surface area contributed by atoms with E-state index in [1.54, 1.807) is 6.26 Å². The highest BCUT2D eigenvalue weighted by atomic mass is 16.3. The first-order chi connectivity index (χ1) is 8.76. The first-order valence-electron chi connectivity index (χ1n) is 7.48. The SMILES string of the molecule is CCCCC(CC)(CNCCC)Cc1ccoc1. The van der Waals surface area contributed by atoms with Crippen molar-refractivity contribution in [3.63, 3.8) is 0 Å². The molecule has 1 aromatic heterocycles. The smallest absolute Gasteiger partial charge is 0.0934 e. The largest absolute Gasteiger partial charge is 0.472 e. The summed E-state index contributed by atoms with van der Waals surface area (Å²) in [7, 11) is 0. The molecule has 0 aromatic carbocycles. The molecular formula is C16H29NO. The molecule has 2 heteroatoms. The zero-order valence-corrected chi connectivity index (χ0v) is 12.3. The van der Waals surface area contributed by atoms with Gasteiger partial charge in [-0.25, -0.2) is 0 Å². The fourth-order valence-electron chi connectivity index (χ4n) is 2.57. The molecular weight excluding hydrogens is 222 g/mol. The van der Waals surface area contributed by atoms with Crippen LogP contribution in [-0.2, 0) is 6.42 Å². The predicted octanol–water partition coefficient (Wildman–Crippen LogP) is 4.41. The summed E-state index contributed by atoms with van der Waals surface area (Å²) in [6.45, 7) is 9.08. The van der Waals surface area contributed by atoms with Crippen LogP contribution in [0.2, 0.25) is 0 Å². The Bertz CT molecular complexity index is 294. The maximum Gasteiger partial charge on any atom is 0.0934 e. The van der Waals surface area contributed by atoms with Crippen molar-refractivity contribution in [1.82, 2.24) is 5.32 Å². The lowest BCUT2D eigenvalue weighted by molar-refractivity contribution is 0.229. The first kappa shape index (κ1) is 15.3. The standard InChI is InChI=1S/C16H29NO/c1-4-7-9-16(6-3,14-17-10-5-2)12-15-8-11-18-13-15/h8,11,13,17H,4-7,9-10,12,14H2,1-3H3. The van der Waals surface area contributed by atoms with Crippen LogP contribution in [0.4, 0.5) is 0 Å². The Labute approximate surface area is 112 Å². The van der Waals surface area contributed by atoms with E-state index in [0.29, 0.717) is 5.41 Å². The van der Waals surface area contributed by atoms with Gasteiger partial charge >= 0.3 is 0 Å². The highest BCUT2D eigenvalue weighted by Crippen LogP contribution is 2.32. The lowest BCUT2D eigenvalue weighted by Crippen LogP contribution is -2.36. The zero-order chi connectivity index (χ0) is 13.3. The lowest BCUT2D eigenvalue weighted by Gasteiger charge is -2.33. The topological polar surface area (TPSA) is 25.2 Å². The molecule has 1 unspecified atom stereocenters. The minimum atomic E-state index is 0.398. The van der Waals surface area contributed by atoms with Crippen LogP contribution in [0.5, 0.6) is 0 Å². The number of hydrogen-bond donors (Lipinski definition) is 1. The summed E-state index contributed by atoms with van der Waals surface area (Å²) >= 11 is 0. The molecule has 0 saturated carbocycles. The molecule has 0 spiro atoms. The number of nitrogens with one attached hydrogen (secondary N) is 1. The van der Waals surface area contributed by atoms with Gasteiger partial charge < -0.3 is 9.73 Å². The first-order valence-corrected chi connectivity index (χ1v) is 7.48. The molecule has 104 valence electrons. The normalized spacial score (nSPS) is 14.6. The third-order valence-corrected chi connectivity index (χ3v) is 3.90. The molecule has 0 bridgehead atoms. The van der Waals surface area contributed by atoms with Crippen molar-refractivity contribution in [3.05, 3.63) is 24.2 Å². The fourth-order valence-corrected chi connectivity index (χ4v) is 2.57. The summed E-state index contributed by atoms with van der Waals surface area (Å²) in [5, 5.41) is 3.62. The maximum absolute atomic E-state index is 5.21. The maximum atomic E-state index is 5.21. The molecule has 0 aliphatic carbocycles. The molecule has 0 aliphatic rings. The average molecular weight is 251 g/mol. The monoisotopic (exact) mass is 251 g/mol. The van der Waals surface area contributed by atoms with Crippen LogP contribution in [0.3, 0.4) is 0 Å². The van der Waals surface area contributed by atoms with Gasteiger partial charge in [-0.1, -0.05) is 33.6 Å². The van der Waals surface area contributed by atoms with E-state index in [0.717, 1.165) is 19.5 Å². The Morgan fingerprint density at radius 3 is 2.61 bits per heavy atom. The Kier molecular flexibility index (Phi) is 7.11. The third-order valence-electron chi connectivity index (χ3n) is 3.90. The van der Waals surface area contributed by atoms with E-state index in [-0.39, 0.29) is 0 Å². The fraction of sp³-hybridized carbons (Fsp3) is 0.750. The molecule has 1 rings (SSSR count). The highest BCUT2D eigenvalue weighted by Gasteiger charge is 2.27. The summed E-state index contributed by atoms with van der Waals surface area (Å²) < 4.78 is 5.21. The van der Waals surface area contributed by atoms with Crippen LogP contribution in [0.15, 0.2) is 23.0 Å². The van der Waals surface area contributed by atoms with E-state index >= 15 is 0 Å². The summed E-state index contributed by atoms with van der Waals surface area (Å²) in [6.07, 6.45) is 11.2. The molecule has 0 fully saturated rings. The Hall–Kier alpha value is -0.760. The van der Waals surface area contributed by atoms with Gasteiger partial charge in [0.25, 0.3) is 0 Å². The lowest BCUT2D eigenvalue weighted by atomic mass is 9.75. The van der Waals surface area contributed by atoms with Gasteiger partial charge in [0.05, 0.1) is 12.5 Å². The van der Waals surface area contributed by atoms with E-state index in [4.69, 9.17) is 4.42 Å². The van der Waals surface area contributed by atoms with Gasteiger partial charge in [-0.05, 0) is 49.3 Å². The highest BCUT2D eigenvalue weighted by molar-refractivity contribution is 5.09. The molecule has 0 radical (unpaired) electrons. The van der Waals surface area contributed by atoms with E-state index in [1.165, 1.54) is 37.7 Å². The number of unbranched alkanes of at least 4 members (excludes halogenated alkanes) is 1. The van der Waals surface area contributed by atoms with Gasteiger partial charge in [0.1, 0.15) is 0 Å². The second-order valence-electron chi connectivity index (χ2n) is 5.44. The van der Waals surface area contributed by atoms with Crippen LogP contribution in [0, 0.1) is 5.41 Å². The van der Waals surface area contributed by atoms with Gasteiger partial charge in [-0.3, -0.25) is 0 Å². The van der Waals surface area contributed by atoms with Crippen LogP contribution in [0.1, 0.15) is 58.4 Å². The van der Waals surface area contributed by atoms with Crippen molar-refractivity contribution in [2.75, 3.05) is 13.1 Å². The number of furan rings is 1. The Morgan fingerprint density at radius 2 is 2.06 bits per heavy atom. The minimum Gasteiger partial charge on any atom is -0.472 e. The summed E-state index contributed by atoms with van der Waals surface area (Å²) in [5.41, 5.74) is 1.74. The van der Waals surface area contributed by atoms with Crippen molar-refractivity contribution in [2.45, 2.75) is 59.3 Å². The molecule has 18 heavy (non-hydrogen) atoms. The third kappa shape index (κ3) is 4.85. The van der Waals surface area contributed by atoms with Gasteiger partial charge in [0, 0.05) is 6.54 Å². The second kappa shape index (κ2) is 8.36. The molecule has 1 N–H and O–H groups in total. The molecule has 0 aliphatic heterocycles. The number of hydrogen-bond acceptors (Lipinski definition) is 2. The van der Waals surface area contributed by atoms with Gasteiger partial charge in [0.15, 0.2) is 0 Å². The van der Waals surface area contributed by atoms with E-state index in [2.05, 4.69) is 32.2 Å². The number of rotatable bonds is 10. The Balaban J connectivity index is 2.63. The van der Waals surface area contributed by atoms with E-state index < -0.39 is 0 Å². The van der Waals surface area contributed by atoms with Gasteiger partial charge in [-0.15, -0.1) is 0 Å². The Morgan fingerprint density at radius 1 is 1.22 bits per heavy atom. The van der Waals surface area contributed by atoms with Gasteiger partial charge in [0.2, 0.25) is 0 Å². The van der Waals surface area contributed by atoms with Gasteiger partial charge in [-0.2, -0.15) is 0 Å². The van der Waals surface area contributed by atoms with E-state index in [9.17, 15) is 0 Å². The minimum absolute atomic E-state index is 0.398. The molecule has 1 atom stereocenters. The van der Waals surface area contributed by atoms with Crippen molar-refractivity contribution in [2.24, 2.45) is 5.41 Å². The van der Waals surface area contributed by atoms with Crippen molar-refractivity contribution >= 4 is 0 Å². The van der Waals surface area contributed by atoms with Crippen LogP contribution in [0.25, 0.3) is 0 Å². The van der Waals surface area contributed by atoms with Crippen LogP contribution in [-0.4, -0.2) is 13.1 Å². The second-order valence-corrected chi connectivity index (χ2v) is 5.44. The van der Waals surface area contributed by atoms with Crippen molar-refractivity contribution in [3.8, 4) is 0 Å². The average Bonchev–Trinajstić information content (AvgIpc) is 2.89.